The predicted octanol–water partition coefficient (Wildman–Crippen LogP) is 3.36. The number of aryl methyl sites for hydroxylation is 2. The minimum absolute atomic E-state index is 0.134. The summed E-state index contributed by atoms with van der Waals surface area (Å²) in [7, 11) is 0. The highest BCUT2D eigenvalue weighted by Crippen LogP contribution is 2.31. The first kappa shape index (κ1) is 14.7. The summed E-state index contributed by atoms with van der Waals surface area (Å²) in [6.45, 7) is 6.31. The van der Waals surface area contributed by atoms with Crippen molar-refractivity contribution in [3.8, 4) is 5.75 Å². The van der Waals surface area contributed by atoms with Crippen molar-refractivity contribution < 1.29 is 9.94 Å². The van der Waals surface area contributed by atoms with Crippen molar-refractivity contribution in [2.24, 2.45) is 16.8 Å². The van der Waals surface area contributed by atoms with Crippen LogP contribution in [0.1, 0.15) is 49.3 Å². The third-order valence-corrected chi connectivity index (χ3v) is 4.11. The third kappa shape index (κ3) is 3.24. The van der Waals surface area contributed by atoms with Gasteiger partial charge in [0.1, 0.15) is 5.75 Å². The highest BCUT2D eigenvalue weighted by molar-refractivity contribution is 5.97. The van der Waals surface area contributed by atoms with Crippen molar-refractivity contribution in [1.29, 1.82) is 0 Å². The van der Waals surface area contributed by atoms with Crippen LogP contribution in [0.5, 0.6) is 5.75 Å². The summed E-state index contributed by atoms with van der Waals surface area (Å²) in [5, 5.41) is 11.8. The smallest absolute Gasteiger partial charge is 0.170 e. The fourth-order valence-electron chi connectivity index (χ4n) is 2.86. The van der Waals surface area contributed by atoms with Gasteiger partial charge in [-0.15, -0.1) is 0 Å². The van der Waals surface area contributed by atoms with E-state index in [0.717, 1.165) is 41.2 Å². The molecule has 0 amide bonds. The van der Waals surface area contributed by atoms with Gasteiger partial charge in [-0.05, 0) is 68.7 Å². The topological polar surface area (TPSA) is 67.8 Å². The first-order valence-electron chi connectivity index (χ1n) is 7.27. The van der Waals surface area contributed by atoms with Crippen LogP contribution in [0.3, 0.4) is 0 Å². The molecule has 4 nitrogen and oxygen atoms in total. The Kier molecular flexibility index (Phi) is 4.53. The number of hydrogen-bond acceptors (Lipinski definition) is 3. The van der Waals surface area contributed by atoms with Gasteiger partial charge in [0.05, 0.1) is 6.10 Å². The minimum atomic E-state index is 0.134. The second kappa shape index (κ2) is 6.16. The van der Waals surface area contributed by atoms with E-state index in [0.29, 0.717) is 6.10 Å². The van der Waals surface area contributed by atoms with E-state index in [-0.39, 0.29) is 5.84 Å². The molecule has 0 aromatic heterocycles. The molecule has 1 aromatic rings. The normalized spacial score (nSPS) is 23.6. The summed E-state index contributed by atoms with van der Waals surface area (Å²) in [5.41, 5.74) is 8.43. The molecule has 1 saturated carbocycles. The molecule has 1 aliphatic carbocycles. The molecule has 0 spiro atoms. The molecular formula is C16H24N2O2. The molecule has 110 valence electrons. The maximum Gasteiger partial charge on any atom is 0.170 e. The predicted molar refractivity (Wildman–Crippen MR) is 80.5 cm³/mol. The Hall–Kier alpha value is -1.71. The Morgan fingerprint density at radius 1 is 1.20 bits per heavy atom. The highest BCUT2D eigenvalue weighted by atomic mass is 16.5. The summed E-state index contributed by atoms with van der Waals surface area (Å²) < 4.78 is 6.19. The molecule has 0 saturated heterocycles. The molecule has 0 unspecified atom stereocenters. The van der Waals surface area contributed by atoms with Gasteiger partial charge in [-0.25, -0.2) is 0 Å². The van der Waals surface area contributed by atoms with E-state index in [1.807, 2.05) is 26.0 Å². The molecule has 0 atom stereocenters. The number of rotatable bonds is 3. The van der Waals surface area contributed by atoms with Crippen LogP contribution in [0.15, 0.2) is 17.3 Å². The van der Waals surface area contributed by atoms with Gasteiger partial charge in [0, 0.05) is 5.56 Å². The summed E-state index contributed by atoms with van der Waals surface area (Å²) in [6.07, 6.45) is 5.05. The Morgan fingerprint density at radius 3 is 2.25 bits per heavy atom. The Morgan fingerprint density at radius 2 is 1.75 bits per heavy atom. The molecule has 0 radical (unpaired) electrons. The fourth-order valence-corrected chi connectivity index (χ4v) is 2.86. The van der Waals surface area contributed by atoms with Crippen LogP contribution in [-0.4, -0.2) is 17.1 Å². The summed E-state index contributed by atoms with van der Waals surface area (Å²) in [5.74, 6) is 1.90. The van der Waals surface area contributed by atoms with E-state index in [1.54, 1.807) is 0 Å². The number of benzene rings is 1. The van der Waals surface area contributed by atoms with Gasteiger partial charge in [-0.3, -0.25) is 0 Å². The van der Waals surface area contributed by atoms with Crippen molar-refractivity contribution in [2.75, 3.05) is 0 Å². The van der Waals surface area contributed by atoms with Crippen LogP contribution < -0.4 is 10.5 Å². The molecule has 4 heteroatoms. The molecule has 0 heterocycles. The number of amidine groups is 1. The van der Waals surface area contributed by atoms with Crippen molar-refractivity contribution in [3.05, 3.63) is 28.8 Å². The number of nitrogens with two attached hydrogens (primary N) is 1. The van der Waals surface area contributed by atoms with Gasteiger partial charge >= 0.3 is 0 Å². The molecule has 1 aromatic carbocycles. The molecule has 0 aliphatic heterocycles. The SMILES string of the molecule is Cc1cc(C(N)=NO)cc(C)c1OC1CCC(C)CC1. The van der Waals surface area contributed by atoms with E-state index in [2.05, 4.69) is 12.1 Å². The molecule has 1 fully saturated rings. The van der Waals surface area contributed by atoms with Crippen LogP contribution in [0.4, 0.5) is 0 Å². The molecule has 20 heavy (non-hydrogen) atoms. The second-order valence-electron chi connectivity index (χ2n) is 5.92. The van der Waals surface area contributed by atoms with Gasteiger partial charge in [0.15, 0.2) is 5.84 Å². The third-order valence-electron chi connectivity index (χ3n) is 4.11. The molecular weight excluding hydrogens is 252 g/mol. The Bertz CT molecular complexity index is 480. The average molecular weight is 276 g/mol. The zero-order valence-corrected chi connectivity index (χ0v) is 12.5. The zero-order chi connectivity index (χ0) is 14.7. The van der Waals surface area contributed by atoms with Crippen molar-refractivity contribution in [3.63, 3.8) is 0 Å². The number of hydrogen-bond donors (Lipinski definition) is 2. The Balaban J connectivity index is 2.16. The van der Waals surface area contributed by atoms with Crippen molar-refractivity contribution in [2.45, 2.75) is 52.6 Å². The molecule has 2 rings (SSSR count). The van der Waals surface area contributed by atoms with Crippen LogP contribution in [0, 0.1) is 19.8 Å². The largest absolute Gasteiger partial charge is 0.490 e. The summed E-state index contributed by atoms with van der Waals surface area (Å²) >= 11 is 0. The van der Waals surface area contributed by atoms with E-state index >= 15 is 0 Å². The van der Waals surface area contributed by atoms with E-state index in [4.69, 9.17) is 15.7 Å². The first-order valence-corrected chi connectivity index (χ1v) is 7.27. The Labute approximate surface area is 120 Å². The monoisotopic (exact) mass is 276 g/mol. The summed E-state index contributed by atoms with van der Waals surface area (Å²) in [4.78, 5) is 0. The lowest BCUT2D eigenvalue weighted by molar-refractivity contribution is 0.134. The highest BCUT2D eigenvalue weighted by Gasteiger charge is 2.21. The zero-order valence-electron chi connectivity index (χ0n) is 12.5. The lowest BCUT2D eigenvalue weighted by atomic mass is 9.89. The molecule has 0 bridgehead atoms. The van der Waals surface area contributed by atoms with Gasteiger partial charge in [0.2, 0.25) is 0 Å². The van der Waals surface area contributed by atoms with Crippen LogP contribution in [0.2, 0.25) is 0 Å². The van der Waals surface area contributed by atoms with Crippen LogP contribution in [-0.2, 0) is 0 Å². The van der Waals surface area contributed by atoms with Gasteiger partial charge in [-0.2, -0.15) is 0 Å². The maximum absolute atomic E-state index is 8.76. The van der Waals surface area contributed by atoms with E-state index < -0.39 is 0 Å². The lowest BCUT2D eigenvalue weighted by Gasteiger charge is -2.28. The van der Waals surface area contributed by atoms with E-state index in [1.165, 1.54) is 12.8 Å². The number of ether oxygens (including phenoxy) is 1. The maximum atomic E-state index is 8.76. The number of nitrogens with zero attached hydrogens (tertiary/aromatic N) is 1. The van der Waals surface area contributed by atoms with Crippen molar-refractivity contribution in [1.82, 2.24) is 0 Å². The first-order chi connectivity index (χ1) is 9.51. The molecule has 3 N–H and O–H groups in total. The standard InChI is InChI=1S/C16H24N2O2/c1-10-4-6-14(7-5-10)20-15-11(2)8-13(9-12(15)3)16(17)18-19/h8-10,14,19H,4-7H2,1-3H3,(H2,17,18). The van der Waals surface area contributed by atoms with Gasteiger partial charge in [-0.1, -0.05) is 12.1 Å². The lowest BCUT2D eigenvalue weighted by Crippen LogP contribution is -2.24. The van der Waals surface area contributed by atoms with E-state index in [9.17, 15) is 0 Å². The van der Waals surface area contributed by atoms with Gasteiger partial charge in [0.25, 0.3) is 0 Å². The van der Waals surface area contributed by atoms with Crippen LogP contribution in [0.25, 0.3) is 0 Å². The molecule has 1 aliphatic rings. The average Bonchev–Trinajstić information content (AvgIpc) is 2.43. The van der Waals surface area contributed by atoms with Gasteiger partial charge < -0.3 is 15.7 Å². The van der Waals surface area contributed by atoms with Crippen molar-refractivity contribution >= 4 is 5.84 Å². The van der Waals surface area contributed by atoms with Crippen LogP contribution >= 0.6 is 0 Å². The fraction of sp³-hybridized carbons (Fsp3) is 0.562. The quantitative estimate of drug-likeness (QED) is 0.385. The number of oxime groups is 1. The second-order valence-corrected chi connectivity index (χ2v) is 5.92. The summed E-state index contributed by atoms with van der Waals surface area (Å²) in [6, 6.07) is 3.81. The minimum Gasteiger partial charge on any atom is -0.490 e.